The Hall–Kier alpha value is -1.37. The molecule has 0 saturated carbocycles. The van der Waals surface area contributed by atoms with Crippen LogP contribution in [-0.2, 0) is 6.54 Å². The third-order valence-electron chi connectivity index (χ3n) is 3.86. The highest BCUT2D eigenvalue weighted by Crippen LogP contribution is 2.25. The van der Waals surface area contributed by atoms with Crippen molar-refractivity contribution in [2.75, 3.05) is 13.1 Å². The first-order chi connectivity index (χ1) is 9.60. The number of rotatable bonds is 3. The van der Waals surface area contributed by atoms with Gasteiger partial charge in [-0.3, -0.25) is 4.90 Å². The molecule has 0 amide bonds. The van der Waals surface area contributed by atoms with E-state index in [1.165, 1.54) is 18.9 Å². The van der Waals surface area contributed by atoms with Crippen LogP contribution in [0.5, 0.6) is 0 Å². The van der Waals surface area contributed by atoms with Gasteiger partial charge in [0.2, 0.25) is 0 Å². The highest BCUT2D eigenvalue weighted by atomic mass is 19.1. The Morgan fingerprint density at radius 3 is 2.90 bits per heavy atom. The lowest BCUT2D eigenvalue weighted by Crippen LogP contribution is -2.32. The number of hydrogen-bond acceptors (Lipinski definition) is 2. The van der Waals surface area contributed by atoms with E-state index in [9.17, 15) is 4.39 Å². The Kier molecular flexibility index (Phi) is 5.17. The van der Waals surface area contributed by atoms with E-state index < -0.39 is 0 Å². The topological polar surface area (TPSA) is 29.3 Å². The van der Waals surface area contributed by atoms with Gasteiger partial charge in [0.25, 0.3) is 0 Å². The van der Waals surface area contributed by atoms with E-state index in [4.69, 9.17) is 5.73 Å². The van der Waals surface area contributed by atoms with E-state index in [0.717, 1.165) is 18.7 Å². The van der Waals surface area contributed by atoms with E-state index in [1.807, 2.05) is 6.07 Å². The summed E-state index contributed by atoms with van der Waals surface area (Å²) in [5.41, 5.74) is 7.07. The average molecular weight is 274 g/mol. The van der Waals surface area contributed by atoms with Crippen LogP contribution in [0.3, 0.4) is 0 Å². The molecule has 2 nitrogen and oxygen atoms in total. The molecule has 20 heavy (non-hydrogen) atoms. The summed E-state index contributed by atoms with van der Waals surface area (Å²) >= 11 is 0. The predicted molar refractivity (Wildman–Crippen MR) is 80.6 cm³/mol. The summed E-state index contributed by atoms with van der Waals surface area (Å²) < 4.78 is 13.7. The lowest BCUT2D eigenvalue weighted by atomic mass is 10.0. The maximum Gasteiger partial charge on any atom is 0.124 e. The minimum absolute atomic E-state index is 0.218. The molecule has 2 rings (SSSR count). The molecule has 3 heteroatoms. The summed E-state index contributed by atoms with van der Waals surface area (Å²) in [7, 11) is 0. The number of nitrogens with zero attached hydrogens (tertiary/aromatic N) is 1. The summed E-state index contributed by atoms with van der Waals surface area (Å²) in [6, 6.07) is 5.66. The summed E-state index contributed by atoms with van der Waals surface area (Å²) in [6.07, 6.45) is 2.48. The monoisotopic (exact) mass is 274 g/mol. The molecule has 1 saturated heterocycles. The highest BCUT2D eigenvalue weighted by Gasteiger charge is 2.26. The van der Waals surface area contributed by atoms with Gasteiger partial charge in [-0.1, -0.05) is 25.7 Å². The first-order valence-corrected chi connectivity index (χ1v) is 7.32. The number of nitrogens with two attached hydrogens (primary N) is 1. The highest BCUT2D eigenvalue weighted by molar-refractivity contribution is 5.38. The Morgan fingerprint density at radius 1 is 1.40 bits per heavy atom. The molecule has 2 N–H and O–H groups in total. The molecular formula is C17H23FN2. The van der Waals surface area contributed by atoms with Crippen molar-refractivity contribution in [3.05, 3.63) is 35.1 Å². The van der Waals surface area contributed by atoms with Crippen molar-refractivity contribution in [1.29, 1.82) is 0 Å². The number of benzene rings is 1. The smallest absolute Gasteiger partial charge is 0.124 e. The van der Waals surface area contributed by atoms with Crippen LogP contribution >= 0.6 is 0 Å². The van der Waals surface area contributed by atoms with Gasteiger partial charge >= 0.3 is 0 Å². The minimum atomic E-state index is -0.218. The molecule has 1 aliphatic heterocycles. The Morgan fingerprint density at radius 2 is 2.20 bits per heavy atom. The maximum absolute atomic E-state index is 13.7. The first kappa shape index (κ1) is 15.0. The number of halogens is 1. The third-order valence-corrected chi connectivity index (χ3v) is 3.86. The Bertz CT molecular complexity index is 513. The van der Waals surface area contributed by atoms with Crippen LogP contribution in [0, 0.1) is 23.6 Å². The van der Waals surface area contributed by atoms with Gasteiger partial charge in [-0.05, 0) is 49.1 Å². The van der Waals surface area contributed by atoms with Crippen molar-refractivity contribution < 1.29 is 4.39 Å². The summed E-state index contributed by atoms with van der Waals surface area (Å²) in [5.74, 6) is 6.11. The quantitative estimate of drug-likeness (QED) is 0.859. The summed E-state index contributed by atoms with van der Waals surface area (Å²) in [4.78, 5) is 2.46. The zero-order chi connectivity index (χ0) is 14.5. The van der Waals surface area contributed by atoms with Gasteiger partial charge in [0, 0.05) is 18.2 Å². The largest absolute Gasteiger partial charge is 0.320 e. The maximum atomic E-state index is 13.7. The molecule has 0 bridgehead atoms. The van der Waals surface area contributed by atoms with Crippen molar-refractivity contribution in [2.45, 2.75) is 39.3 Å². The standard InChI is InChI=1S/C17H23FN2/c1-13(2)17-6-4-8-20(17)12-15-9-14(5-3-7-19)10-16(18)11-15/h9-11,13,17H,4,6-8,12,19H2,1-2H3. The number of likely N-dealkylation sites (tertiary alicyclic amines) is 1. The van der Waals surface area contributed by atoms with E-state index in [2.05, 4.69) is 30.6 Å². The van der Waals surface area contributed by atoms with Crippen LogP contribution in [0.25, 0.3) is 0 Å². The fourth-order valence-corrected chi connectivity index (χ4v) is 3.00. The lowest BCUT2D eigenvalue weighted by Gasteiger charge is -2.27. The Balaban J connectivity index is 2.14. The lowest BCUT2D eigenvalue weighted by molar-refractivity contribution is 0.198. The summed E-state index contributed by atoms with van der Waals surface area (Å²) in [5, 5.41) is 0. The van der Waals surface area contributed by atoms with Crippen LogP contribution in [0.4, 0.5) is 4.39 Å². The molecule has 1 atom stereocenters. The van der Waals surface area contributed by atoms with Crippen molar-refractivity contribution in [3.8, 4) is 11.8 Å². The Labute approximate surface area is 121 Å². The fraction of sp³-hybridized carbons (Fsp3) is 0.529. The predicted octanol–water partition coefficient (Wildman–Crippen LogP) is 2.76. The molecule has 1 aromatic rings. The van der Waals surface area contributed by atoms with Crippen molar-refractivity contribution in [1.82, 2.24) is 4.90 Å². The van der Waals surface area contributed by atoms with Crippen molar-refractivity contribution in [2.24, 2.45) is 11.7 Å². The van der Waals surface area contributed by atoms with Crippen LogP contribution < -0.4 is 5.73 Å². The van der Waals surface area contributed by atoms with E-state index in [0.29, 0.717) is 24.1 Å². The van der Waals surface area contributed by atoms with Crippen LogP contribution in [0.2, 0.25) is 0 Å². The van der Waals surface area contributed by atoms with Gasteiger partial charge in [0.05, 0.1) is 6.54 Å². The minimum Gasteiger partial charge on any atom is -0.320 e. The summed E-state index contributed by atoms with van der Waals surface area (Å²) in [6.45, 7) is 6.72. The average Bonchev–Trinajstić information content (AvgIpc) is 2.84. The molecule has 1 aliphatic rings. The second-order valence-corrected chi connectivity index (χ2v) is 5.78. The molecule has 0 aliphatic carbocycles. The molecule has 0 radical (unpaired) electrons. The molecule has 1 unspecified atom stereocenters. The first-order valence-electron chi connectivity index (χ1n) is 7.32. The van der Waals surface area contributed by atoms with Crippen LogP contribution in [0.15, 0.2) is 18.2 Å². The second-order valence-electron chi connectivity index (χ2n) is 5.78. The van der Waals surface area contributed by atoms with Crippen molar-refractivity contribution in [3.63, 3.8) is 0 Å². The zero-order valence-electron chi connectivity index (χ0n) is 12.3. The second kappa shape index (κ2) is 6.88. The molecule has 1 heterocycles. The fourth-order valence-electron chi connectivity index (χ4n) is 3.00. The third kappa shape index (κ3) is 3.82. The molecule has 1 fully saturated rings. The van der Waals surface area contributed by atoms with Gasteiger partial charge < -0.3 is 5.73 Å². The molecule has 0 aromatic heterocycles. The molecule has 108 valence electrons. The van der Waals surface area contributed by atoms with Gasteiger partial charge in [0.15, 0.2) is 0 Å². The van der Waals surface area contributed by atoms with Gasteiger partial charge in [-0.2, -0.15) is 0 Å². The normalized spacial score (nSPS) is 19.1. The molecule has 0 spiro atoms. The van der Waals surface area contributed by atoms with Gasteiger partial charge in [0.1, 0.15) is 5.82 Å². The van der Waals surface area contributed by atoms with Gasteiger partial charge in [-0.15, -0.1) is 0 Å². The van der Waals surface area contributed by atoms with Crippen molar-refractivity contribution >= 4 is 0 Å². The molecule has 1 aromatic carbocycles. The molecular weight excluding hydrogens is 251 g/mol. The SMILES string of the molecule is CC(C)C1CCCN1Cc1cc(F)cc(C#CCN)c1. The van der Waals surface area contributed by atoms with Crippen LogP contribution in [-0.4, -0.2) is 24.0 Å². The van der Waals surface area contributed by atoms with Gasteiger partial charge in [-0.25, -0.2) is 4.39 Å². The van der Waals surface area contributed by atoms with E-state index in [-0.39, 0.29) is 5.82 Å². The number of hydrogen-bond donors (Lipinski definition) is 1. The van der Waals surface area contributed by atoms with Crippen LogP contribution in [0.1, 0.15) is 37.8 Å². The zero-order valence-corrected chi connectivity index (χ0v) is 12.3. The van der Waals surface area contributed by atoms with E-state index in [1.54, 1.807) is 6.07 Å². The van der Waals surface area contributed by atoms with E-state index >= 15 is 0 Å².